The zero-order valence-electron chi connectivity index (χ0n) is 33.6. The first-order chi connectivity index (χ1) is 24.3. The number of ether oxygens (including phenoxy) is 2. The molecule has 0 fully saturated rings. The van der Waals surface area contributed by atoms with Gasteiger partial charge in [-0.15, -0.1) is 0 Å². The zero-order valence-corrected chi connectivity index (χ0v) is 33.6. The Kier molecular flexibility index (Phi) is 35.6. The van der Waals surface area contributed by atoms with Gasteiger partial charge in [-0.05, 0) is 37.5 Å². The quantitative estimate of drug-likeness (QED) is 0.0641. The molecule has 2 heteroatoms. The van der Waals surface area contributed by atoms with Crippen LogP contribution in [0.4, 0.5) is 0 Å². The smallest absolute Gasteiger partial charge is 0.123 e. The molecule has 49 heavy (non-hydrogen) atoms. The van der Waals surface area contributed by atoms with Gasteiger partial charge in [-0.2, -0.15) is 0 Å². The van der Waals surface area contributed by atoms with Gasteiger partial charge in [0.05, 0.1) is 13.2 Å². The highest BCUT2D eigenvalue weighted by molar-refractivity contribution is 5.39. The van der Waals surface area contributed by atoms with Gasteiger partial charge in [0, 0.05) is 6.07 Å². The molecule has 0 heterocycles. The third-order valence-electron chi connectivity index (χ3n) is 10.5. The summed E-state index contributed by atoms with van der Waals surface area (Å²) in [7, 11) is 0. The molecule has 0 aliphatic rings. The number of benzene rings is 1. The molecule has 0 saturated carbocycles. The van der Waals surface area contributed by atoms with Gasteiger partial charge in [0.1, 0.15) is 11.5 Å². The second kappa shape index (κ2) is 38.1. The fourth-order valence-electron chi connectivity index (χ4n) is 7.18. The molecule has 0 N–H and O–H groups in total. The van der Waals surface area contributed by atoms with E-state index in [0.717, 1.165) is 43.1 Å². The van der Waals surface area contributed by atoms with Crippen LogP contribution in [0.15, 0.2) is 18.2 Å². The Morgan fingerprint density at radius 2 is 0.510 bits per heavy atom. The maximum absolute atomic E-state index is 6.08. The van der Waals surface area contributed by atoms with Crippen LogP contribution in [0.5, 0.6) is 11.5 Å². The summed E-state index contributed by atoms with van der Waals surface area (Å²) < 4.78 is 12.2. The predicted molar refractivity (Wildman–Crippen MR) is 219 cm³/mol. The minimum Gasteiger partial charge on any atom is -0.493 e. The highest BCUT2D eigenvalue weighted by Crippen LogP contribution is 2.24. The molecule has 1 aromatic carbocycles. The fraction of sp³-hybridized carbons (Fsp3) is 0.851. The average Bonchev–Trinajstić information content (AvgIpc) is 3.10. The maximum Gasteiger partial charge on any atom is 0.123 e. The van der Waals surface area contributed by atoms with E-state index in [0.29, 0.717) is 0 Å². The second-order valence-electron chi connectivity index (χ2n) is 15.5. The molecule has 0 spiro atoms. The van der Waals surface area contributed by atoms with E-state index < -0.39 is 0 Å². The molecule has 0 amide bonds. The largest absolute Gasteiger partial charge is 0.493 e. The first-order valence-corrected chi connectivity index (χ1v) is 22.5. The molecule has 0 aromatic heterocycles. The highest BCUT2D eigenvalue weighted by Gasteiger charge is 2.03. The molecule has 287 valence electrons. The van der Waals surface area contributed by atoms with E-state index in [2.05, 4.69) is 26.8 Å². The minimum absolute atomic E-state index is 0.793. The first-order valence-electron chi connectivity index (χ1n) is 22.5. The van der Waals surface area contributed by atoms with Crippen molar-refractivity contribution in [3.8, 4) is 11.5 Å². The third kappa shape index (κ3) is 33.7. The summed E-state index contributed by atoms with van der Waals surface area (Å²) in [5, 5.41) is 0. The lowest BCUT2D eigenvalue weighted by Crippen LogP contribution is -2.00. The molecule has 0 aliphatic heterocycles. The maximum atomic E-state index is 6.08. The molecule has 0 bridgehead atoms. The van der Waals surface area contributed by atoms with E-state index >= 15 is 0 Å². The normalized spacial score (nSPS) is 11.4. The molecular formula is C47H87O2. The summed E-state index contributed by atoms with van der Waals surface area (Å²) in [6, 6.07) is 6.13. The van der Waals surface area contributed by atoms with Gasteiger partial charge >= 0.3 is 0 Å². The fourth-order valence-corrected chi connectivity index (χ4v) is 7.18. The lowest BCUT2D eigenvalue weighted by molar-refractivity contribution is 0.289. The summed E-state index contributed by atoms with van der Waals surface area (Å²) in [6.45, 7) is 10.3. The van der Waals surface area contributed by atoms with Gasteiger partial charge in [0.25, 0.3) is 0 Å². The van der Waals surface area contributed by atoms with E-state index in [-0.39, 0.29) is 0 Å². The molecule has 1 radical (unpaired) electrons. The van der Waals surface area contributed by atoms with Crippen molar-refractivity contribution in [3.63, 3.8) is 0 Å². The van der Waals surface area contributed by atoms with Crippen molar-refractivity contribution in [2.24, 2.45) is 0 Å². The molecule has 0 saturated heterocycles. The van der Waals surface area contributed by atoms with Crippen LogP contribution in [0.2, 0.25) is 0 Å². The van der Waals surface area contributed by atoms with E-state index in [1.165, 1.54) is 218 Å². The SMILES string of the molecule is [CH2]c1cc(OCCCCCCCCCCCCCCCCCCCC)cc(OCCCCCCCCCCCCCCCCCCCC)c1. The van der Waals surface area contributed by atoms with Crippen LogP contribution in [-0.4, -0.2) is 13.2 Å². The molecule has 0 atom stereocenters. The summed E-state index contributed by atoms with van der Waals surface area (Å²) >= 11 is 0. The predicted octanol–water partition coefficient (Wildman–Crippen LogP) is 16.7. The number of rotatable bonds is 40. The highest BCUT2D eigenvalue weighted by atomic mass is 16.5. The molecule has 1 rings (SSSR count). The van der Waals surface area contributed by atoms with Crippen LogP contribution in [0.3, 0.4) is 0 Å². The van der Waals surface area contributed by atoms with Gasteiger partial charge in [0.15, 0.2) is 0 Å². The van der Waals surface area contributed by atoms with Crippen LogP contribution in [0, 0.1) is 6.92 Å². The van der Waals surface area contributed by atoms with Crippen molar-refractivity contribution in [1.29, 1.82) is 0 Å². The molecule has 2 nitrogen and oxygen atoms in total. The summed E-state index contributed by atoms with van der Waals surface area (Å²) in [5.74, 6) is 1.82. The zero-order chi connectivity index (χ0) is 35.1. The van der Waals surface area contributed by atoms with E-state index in [1.54, 1.807) is 0 Å². The van der Waals surface area contributed by atoms with Crippen LogP contribution >= 0.6 is 0 Å². The molecule has 1 aromatic rings. The average molecular weight is 684 g/mol. The van der Waals surface area contributed by atoms with Gasteiger partial charge in [0.2, 0.25) is 0 Å². The van der Waals surface area contributed by atoms with Gasteiger partial charge in [-0.25, -0.2) is 0 Å². The van der Waals surface area contributed by atoms with Gasteiger partial charge in [-0.3, -0.25) is 0 Å². The standard InChI is InChI=1S/C47H87O2/c1-4-6-8-10-12-14-16-18-20-22-24-26-28-30-32-34-36-38-40-48-46-42-45(3)43-47(44-46)49-41-39-37-35-33-31-29-27-25-23-21-19-17-15-13-11-9-7-5-2/h42-44H,3-41H2,1-2H3. The Hall–Kier alpha value is -1.18. The lowest BCUT2D eigenvalue weighted by atomic mass is 10.0. The molecule has 0 aliphatic carbocycles. The van der Waals surface area contributed by atoms with Gasteiger partial charge < -0.3 is 9.47 Å². The van der Waals surface area contributed by atoms with Crippen molar-refractivity contribution in [3.05, 3.63) is 30.7 Å². The van der Waals surface area contributed by atoms with Crippen LogP contribution in [0.25, 0.3) is 0 Å². The first kappa shape index (κ1) is 45.8. The van der Waals surface area contributed by atoms with Crippen LogP contribution in [0.1, 0.15) is 251 Å². The molecular weight excluding hydrogens is 597 g/mol. The summed E-state index contributed by atoms with van der Waals surface area (Å²) in [5.41, 5.74) is 0.975. The second-order valence-corrected chi connectivity index (χ2v) is 15.5. The van der Waals surface area contributed by atoms with E-state index in [1.807, 2.05) is 12.1 Å². The Morgan fingerprint density at radius 3 is 0.735 bits per heavy atom. The summed E-state index contributed by atoms with van der Waals surface area (Å²) in [4.78, 5) is 0. The van der Waals surface area contributed by atoms with Crippen LogP contribution in [-0.2, 0) is 0 Å². The van der Waals surface area contributed by atoms with Crippen molar-refractivity contribution in [1.82, 2.24) is 0 Å². The summed E-state index contributed by atoms with van der Waals surface area (Å²) in [6.07, 6.45) is 50.6. The topological polar surface area (TPSA) is 18.5 Å². The van der Waals surface area contributed by atoms with Crippen molar-refractivity contribution < 1.29 is 9.47 Å². The number of hydrogen-bond donors (Lipinski definition) is 0. The van der Waals surface area contributed by atoms with Crippen molar-refractivity contribution >= 4 is 0 Å². The van der Waals surface area contributed by atoms with Crippen molar-refractivity contribution in [2.75, 3.05) is 13.2 Å². The third-order valence-corrected chi connectivity index (χ3v) is 10.5. The van der Waals surface area contributed by atoms with Gasteiger partial charge in [-0.1, -0.05) is 232 Å². The monoisotopic (exact) mass is 684 g/mol. The lowest BCUT2D eigenvalue weighted by Gasteiger charge is -2.11. The molecule has 0 unspecified atom stereocenters. The number of unbranched alkanes of at least 4 members (excludes halogenated alkanes) is 34. The number of hydrogen-bond acceptors (Lipinski definition) is 2. The minimum atomic E-state index is 0.793. The van der Waals surface area contributed by atoms with E-state index in [9.17, 15) is 0 Å². The Morgan fingerprint density at radius 1 is 0.306 bits per heavy atom. The Bertz CT molecular complexity index is 713. The van der Waals surface area contributed by atoms with E-state index in [4.69, 9.17) is 9.47 Å². The Labute approximate surface area is 309 Å². The van der Waals surface area contributed by atoms with Crippen molar-refractivity contribution in [2.45, 2.75) is 245 Å². The van der Waals surface area contributed by atoms with Crippen LogP contribution < -0.4 is 9.47 Å². The Balaban J connectivity index is 1.86.